The van der Waals surface area contributed by atoms with Crippen LogP contribution in [0.25, 0.3) is 0 Å². The van der Waals surface area contributed by atoms with Gasteiger partial charge in [0.25, 0.3) is 0 Å². The maximum Gasteiger partial charge on any atom is 0.451 e. The fraction of sp³-hybridized carbons (Fsp3) is 0. The summed E-state index contributed by atoms with van der Waals surface area (Å²) >= 11 is 0. The quantitative estimate of drug-likeness (QED) is 0.459. The van der Waals surface area contributed by atoms with Crippen molar-refractivity contribution in [2.24, 2.45) is 0 Å². The Morgan fingerprint density at radius 3 is 2.43 bits per heavy atom. The van der Waals surface area contributed by atoms with Gasteiger partial charge in [0.2, 0.25) is 0 Å². The molecule has 0 saturated heterocycles. The van der Waals surface area contributed by atoms with Gasteiger partial charge in [0, 0.05) is 0 Å². The van der Waals surface area contributed by atoms with E-state index in [2.05, 4.69) is 4.52 Å². The summed E-state index contributed by atoms with van der Waals surface area (Å²) in [6.45, 7) is 0. The van der Waals surface area contributed by atoms with Crippen LogP contribution in [0.3, 0.4) is 0 Å². The average molecular weight is 214 g/mol. The number of benzene rings is 1. The average Bonchev–Trinajstić information content (AvgIpc) is 2.17. The summed E-state index contributed by atoms with van der Waals surface area (Å²) in [5.41, 5.74) is -1.46. The maximum absolute atomic E-state index is 11.1. The summed E-state index contributed by atoms with van der Waals surface area (Å²) < 4.78 is 15.6. The van der Waals surface area contributed by atoms with Crippen molar-refractivity contribution in [3.05, 3.63) is 30.3 Å². The van der Waals surface area contributed by atoms with E-state index in [1.165, 1.54) is 12.1 Å². The Labute approximate surface area is 79.9 Å². The van der Waals surface area contributed by atoms with Crippen LogP contribution in [0, 0.1) is 0 Å². The van der Waals surface area contributed by atoms with Crippen LogP contribution < -0.4 is 4.52 Å². The van der Waals surface area contributed by atoms with Gasteiger partial charge in [-0.3, -0.25) is 9.59 Å². The molecule has 0 amide bonds. The van der Waals surface area contributed by atoms with Crippen LogP contribution in [-0.2, 0) is 14.2 Å². The van der Waals surface area contributed by atoms with Crippen LogP contribution in [0.15, 0.2) is 30.3 Å². The number of rotatable bonds is 4. The first-order valence-electron chi connectivity index (χ1n) is 3.63. The van der Waals surface area contributed by atoms with Gasteiger partial charge in [-0.05, 0) is 12.1 Å². The first-order valence-corrected chi connectivity index (χ1v) is 5.21. The van der Waals surface area contributed by atoms with E-state index in [0.29, 0.717) is 0 Å². The van der Waals surface area contributed by atoms with Crippen molar-refractivity contribution >= 4 is 19.4 Å². The van der Waals surface area contributed by atoms with Crippen LogP contribution in [0.2, 0.25) is 0 Å². The number of hydrogen-bond donors (Lipinski definition) is 1. The molecule has 5 nitrogen and oxygen atoms in total. The van der Waals surface area contributed by atoms with Gasteiger partial charge in [-0.15, -0.1) is 0 Å². The molecule has 1 aromatic carbocycles. The van der Waals surface area contributed by atoms with Gasteiger partial charge >= 0.3 is 13.1 Å². The molecule has 0 saturated carbocycles. The van der Waals surface area contributed by atoms with Gasteiger partial charge in [0.15, 0.2) is 6.29 Å². The molecule has 0 aromatic heterocycles. The van der Waals surface area contributed by atoms with Gasteiger partial charge in [0.1, 0.15) is 5.75 Å². The fourth-order valence-corrected chi connectivity index (χ4v) is 1.37. The van der Waals surface area contributed by atoms with Gasteiger partial charge in [-0.1, -0.05) is 18.2 Å². The van der Waals surface area contributed by atoms with Crippen LogP contribution in [0.1, 0.15) is 0 Å². The lowest BCUT2D eigenvalue weighted by molar-refractivity contribution is -0.125. The summed E-state index contributed by atoms with van der Waals surface area (Å²) in [7, 11) is -4.51. The fourth-order valence-electron chi connectivity index (χ4n) is 0.736. The van der Waals surface area contributed by atoms with E-state index in [0.717, 1.165) is 0 Å². The summed E-state index contributed by atoms with van der Waals surface area (Å²) in [5, 5.41) is 0. The van der Waals surface area contributed by atoms with Crippen LogP contribution in [0.5, 0.6) is 5.75 Å². The SMILES string of the molecule is O=CC(=O)P(=O)(O)Oc1ccccc1. The Bertz CT molecular complexity index is 386. The highest BCUT2D eigenvalue weighted by molar-refractivity contribution is 7.73. The van der Waals surface area contributed by atoms with E-state index in [-0.39, 0.29) is 12.0 Å². The Hall–Kier alpha value is -1.45. The molecule has 0 aliphatic heterocycles. The van der Waals surface area contributed by atoms with Gasteiger partial charge in [0.05, 0.1) is 0 Å². The third-order valence-corrected chi connectivity index (χ3v) is 2.47. The van der Waals surface area contributed by atoms with E-state index in [1.54, 1.807) is 18.2 Å². The summed E-state index contributed by atoms with van der Waals surface area (Å²) in [5.74, 6) is 0.0635. The third-order valence-electron chi connectivity index (χ3n) is 1.35. The van der Waals surface area contributed by atoms with Crippen molar-refractivity contribution in [3.63, 3.8) is 0 Å². The highest BCUT2D eigenvalue weighted by atomic mass is 31.2. The zero-order valence-electron chi connectivity index (χ0n) is 6.99. The Kier molecular flexibility index (Phi) is 3.17. The lowest BCUT2D eigenvalue weighted by atomic mass is 10.3. The molecule has 0 fully saturated rings. The standard InChI is InChI=1S/C8H7O5P/c9-6-8(10)14(11,12)13-7-4-2-1-3-5-7/h1-6H,(H,11,12). The Morgan fingerprint density at radius 1 is 1.36 bits per heavy atom. The molecule has 0 heterocycles. The normalized spacial score (nSPS) is 14.1. The van der Waals surface area contributed by atoms with E-state index in [1.807, 2.05) is 0 Å². The second-order valence-corrected chi connectivity index (χ2v) is 4.05. The molecule has 6 heteroatoms. The third kappa shape index (κ3) is 2.52. The number of carbonyl (C=O) groups excluding carboxylic acids is 2. The van der Waals surface area contributed by atoms with Crippen molar-refractivity contribution in [1.82, 2.24) is 0 Å². The topological polar surface area (TPSA) is 80.7 Å². The number of para-hydroxylation sites is 1. The molecule has 0 radical (unpaired) electrons. The predicted molar refractivity (Wildman–Crippen MR) is 48.0 cm³/mol. The molecule has 0 aliphatic rings. The van der Waals surface area contributed by atoms with Gasteiger partial charge in [-0.25, -0.2) is 4.57 Å². The second-order valence-electron chi connectivity index (χ2n) is 2.38. The lowest BCUT2D eigenvalue weighted by Gasteiger charge is -2.08. The molecule has 0 bridgehead atoms. The first kappa shape index (κ1) is 10.6. The van der Waals surface area contributed by atoms with Gasteiger partial charge < -0.3 is 9.42 Å². The van der Waals surface area contributed by atoms with Crippen LogP contribution >= 0.6 is 7.60 Å². The molecule has 74 valence electrons. The van der Waals surface area contributed by atoms with E-state index >= 15 is 0 Å². The smallest absolute Gasteiger partial charge is 0.419 e. The Balaban J connectivity index is 2.84. The van der Waals surface area contributed by atoms with E-state index in [9.17, 15) is 14.2 Å². The largest absolute Gasteiger partial charge is 0.451 e. The monoisotopic (exact) mass is 214 g/mol. The predicted octanol–water partition coefficient (Wildman–Crippen LogP) is 0.976. The summed E-state index contributed by atoms with van der Waals surface area (Å²) in [4.78, 5) is 29.6. The second kappa shape index (κ2) is 4.17. The van der Waals surface area contributed by atoms with Crippen molar-refractivity contribution < 1.29 is 23.6 Å². The minimum absolute atomic E-state index is 0.0635. The Morgan fingerprint density at radius 2 is 1.93 bits per heavy atom. The van der Waals surface area contributed by atoms with Crippen molar-refractivity contribution in [2.45, 2.75) is 0 Å². The highest BCUT2D eigenvalue weighted by Gasteiger charge is 2.31. The molecule has 0 aliphatic carbocycles. The highest BCUT2D eigenvalue weighted by Crippen LogP contribution is 2.42. The molecule has 1 N–H and O–H groups in total. The van der Waals surface area contributed by atoms with Crippen molar-refractivity contribution in [1.29, 1.82) is 0 Å². The molecule has 0 spiro atoms. The van der Waals surface area contributed by atoms with E-state index in [4.69, 9.17) is 4.89 Å². The number of hydrogen-bond acceptors (Lipinski definition) is 4. The van der Waals surface area contributed by atoms with Crippen LogP contribution in [-0.4, -0.2) is 16.7 Å². The van der Waals surface area contributed by atoms with Crippen molar-refractivity contribution in [3.8, 4) is 5.75 Å². The van der Waals surface area contributed by atoms with Crippen LogP contribution in [0.4, 0.5) is 0 Å². The molecule has 1 atom stereocenters. The lowest BCUT2D eigenvalue weighted by Crippen LogP contribution is -2.05. The zero-order valence-corrected chi connectivity index (χ0v) is 7.89. The molecule has 1 aromatic rings. The molecule has 1 unspecified atom stereocenters. The molecular formula is C8H7O5P. The number of carbonyl (C=O) groups is 2. The zero-order chi connectivity index (χ0) is 10.6. The van der Waals surface area contributed by atoms with E-state index < -0.39 is 13.1 Å². The maximum atomic E-state index is 11.1. The van der Waals surface area contributed by atoms with Crippen molar-refractivity contribution in [2.75, 3.05) is 0 Å². The molecule has 14 heavy (non-hydrogen) atoms. The minimum atomic E-state index is -4.51. The number of aldehydes is 1. The minimum Gasteiger partial charge on any atom is -0.419 e. The summed E-state index contributed by atoms with van der Waals surface area (Å²) in [6.07, 6.45) is -0.232. The summed E-state index contributed by atoms with van der Waals surface area (Å²) in [6, 6.07) is 7.63. The molecule has 1 rings (SSSR count). The first-order chi connectivity index (χ1) is 6.56. The van der Waals surface area contributed by atoms with Gasteiger partial charge in [-0.2, -0.15) is 0 Å². The molecular weight excluding hydrogens is 207 g/mol.